The molecular formula is C14H18FN5. The van der Waals surface area contributed by atoms with Crippen molar-refractivity contribution in [3.8, 4) is 11.4 Å². The largest absolute Gasteiger partial charge is 0.378 e. The van der Waals surface area contributed by atoms with E-state index >= 15 is 0 Å². The third-order valence-electron chi connectivity index (χ3n) is 3.64. The summed E-state index contributed by atoms with van der Waals surface area (Å²) in [4.78, 5) is 2.02. The summed E-state index contributed by atoms with van der Waals surface area (Å²) in [7, 11) is 3.97. The van der Waals surface area contributed by atoms with Crippen LogP contribution in [-0.4, -0.2) is 35.0 Å². The zero-order chi connectivity index (χ0) is 14.3. The average molecular weight is 275 g/mol. The lowest BCUT2D eigenvalue weighted by Crippen LogP contribution is -2.29. The quantitative estimate of drug-likeness (QED) is 0.907. The molecule has 5 nitrogen and oxygen atoms in total. The topological polar surface area (TPSA) is 60.0 Å². The van der Waals surface area contributed by atoms with Gasteiger partial charge in [-0.1, -0.05) is 0 Å². The van der Waals surface area contributed by atoms with Gasteiger partial charge >= 0.3 is 0 Å². The summed E-state index contributed by atoms with van der Waals surface area (Å²) in [6, 6.07) is 7.58. The van der Waals surface area contributed by atoms with Crippen LogP contribution in [0.5, 0.6) is 0 Å². The number of alkyl halides is 1. The SMILES string of the molecule is CN(C)c1ccc(-c2nnc3n2CC(F)CC3N)cc1. The van der Waals surface area contributed by atoms with Crippen molar-refractivity contribution in [2.45, 2.75) is 25.2 Å². The molecule has 0 saturated heterocycles. The van der Waals surface area contributed by atoms with Gasteiger partial charge in [-0.15, -0.1) is 10.2 Å². The third kappa shape index (κ3) is 2.16. The molecule has 1 aromatic heterocycles. The van der Waals surface area contributed by atoms with Gasteiger partial charge in [0.1, 0.15) is 12.0 Å². The molecule has 2 N–H and O–H groups in total. The van der Waals surface area contributed by atoms with Crippen LogP contribution in [-0.2, 0) is 6.54 Å². The molecule has 106 valence electrons. The second-order valence-corrected chi connectivity index (χ2v) is 5.37. The van der Waals surface area contributed by atoms with E-state index in [0.29, 0.717) is 18.1 Å². The molecule has 2 atom stereocenters. The summed E-state index contributed by atoms with van der Waals surface area (Å²) >= 11 is 0. The molecule has 20 heavy (non-hydrogen) atoms. The smallest absolute Gasteiger partial charge is 0.164 e. The highest BCUT2D eigenvalue weighted by molar-refractivity contribution is 5.60. The highest BCUT2D eigenvalue weighted by Gasteiger charge is 2.28. The molecule has 0 radical (unpaired) electrons. The Kier molecular flexibility index (Phi) is 3.17. The number of hydrogen-bond donors (Lipinski definition) is 1. The number of hydrogen-bond acceptors (Lipinski definition) is 4. The molecular weight excluding hydrogens is 257 g/mol. The Morgan fingerprint density at radius 2 is 1.95 bits per heavy atom. The van der Waals surface area contributed by atoms with Gasteiger partial charge in [-0.2, -0.15) is 0 Å². The van der Waals surface area contributed by atoms with Crippen molar-refractivity contribution >= 4 is 5.69 Å². The molecule has 0 aliphatic carbocycles. The summed E-state index contributed by atoms with van der Waals surface area (Å²) in [5.41, 5.74) is 7.95. The lowest BCUT2D eigenvalue weighted by Gasteiger charge is -2.23. The van der Waals surface area contributed by atoms with E-state index in [2.05, 4.69) is 10.2 Å². The van der Waals surface area contributed by atoms with Crippen LogP contribution >= 0.6 is 0 Å². The van der Waals surface area contributed by atoms with Crippen LogP contribution in [0.2, 0.25) is 0 Å². The minimum absolute atomic E-state index is 0.279. The molecule has 2 aromatic rings. The molecule has 2 unspecified atom stereocenters. The van der Waals surface area contributed by atoms with Crippen LogP contribution in [0, 0.1) is 0 Å². The maximum Gasteiger partial charge on any atom is 0.164 e. The predicted molar refractivity (Wildman–Crippen MR) is 76.2 cm³/mol. The van der Waals surface area contributed by atoms with Crippen molar-refractivity contribution in [3.63, 3.8) is 0 Å². The molecule has 2 heterocycles. The van der Waals surface area contributed by atoms with Crippen LogP contribution in [0.25, 0.3) is 11.4 Å². The summed E-state index contributed by atoms with van der Waals surface area (Å²) in [6.07, 6.45) is -0.620. The van der Waals surface area contributed by atoms with Gasteiger partial charge < -0.3 is 15.2 Å². The van der Waals surface area contributed by atoms with Crippen LogP contribution in [0.4, 0.5) is 10.1 Å². The minimum atomic E-state index is -0.937. The molecule has 0 bridgehead atoms. The van der Waals surface area contributed by atoms with E-state index in [1.807, 2.05) is 43.3 Å². The minimum Gasteiger partial charge on any atom is -0.378 e. The maximum atomic E-state index is 13.7. The van der Waals surface area contributed by atoms with E-state index in [0.717, 1.165) is 11.3 Å². The summed E-state index contributed by atoms with van der Waals surface area (Å²) in [5, 5.41) is 8.30. The van der Waals surface area contributed by atoms with Crippen molar-refractivity contribution in [1.29, 1.82) is 0 Å². The highest BCUT2D eigenvalue weighted by Crippen LogP contribution is 2.29. The summed E-state index contributed by atoms with van der Waals surface area (Å²) in [5.74, 6) is 1.36. The Morgan fingerprint density at radius 1 is 1.25 bits per heavy atom. The van der Waals surface area contributed by atoms with Crippen LogP contribution in [0.3, 0.4) is 0 Å². The molecule has 0 amide bonds. The van der Waals surface area contributed by atoms with Gasteiger partial charge in [-0.05, 0) is 24.3 Å². The van der Waals surface area contributed by atoms with Gasteiger partial charge in [0.2, 0.25) is 0 Å². The monoisotopic (exact) mass is 275 g/mol. The van der Waals surface area contributed by atoms with E-state index < -0.39 is 6.17 Å². The summed E-state index contributed by atoms with van der Waals surface area (Å²) in [6.45, 7) is 0.279. The first-order valence-corrected chi connectivity index (χ1v) is 6.67. The fourth-order valence-electron chi connectivity index (χ4n) is 2.55. The first kappa shape index (κ1) is 13.1. The van der Waals surface area contributed by atoms with E-state index in [1.165, 1.54) is 0 Å². The van der Waals surface area contributed by atoms with Crippen LogP contribution in [0.15, 0.2) is 24.3 Å². The molecule has 6 heteroatoms. The number of rotatable bonds is 2. The van der Waals surface area contributed by atoms with Crippen molar-refractivity contribution in [2.75, 3.05) is 19.0 Å². The van der Waals surface area contributed by atoms with E-state index in [9.17, 15) is 4.39 Å². The number of benzene rings is 1. The van der Waals surface area contributed by atoms with Gasteiger partial charge in [0.05, 0.1) is 12.6 Å². The van der Waals surface area contributed by atoms with Gasteiger partial charge in [0.25, 0.3) is 0 Å². The Labute approximate surface area is 117 Å². The lowest BCUT2D eigenvalue weighted by molar-refractivity contribution is 0.231. The van der Waals surface area contributed by atoms with Gasteiger partial charge in [0.15, 0.2) is 5.82 Å². The lowest BCUT2D eigenvalue weighted by atomic mass is 10.1. The van der Waals surface area contributed by atoms with Gasteiger partial charge in [0, 0.05) is 31.8 Å². The third-order valence-corrected chi connectivity index (χ3v) is 3.64. The second-order valence-electron chi connectivity index (χ2n) is 5.37. The first-order valence-electron chi connectivity index (χ1n) is 6.67. The molecule has 1 aromatic carbocycles. The van der Waals surface area contributed by atoms with E-state index in [4.69, 9.17) is 5.73 Å². The van der Waals surface area contributed by atoms with Crippen molar-refractivity contribution in [2.24, 2.45) is 5.73 Å². The number of aromatic nitrogens is 3. The number of nitrogens with two attached hydrogens (primary N) is 1. The number of nitrogens with zero attached hydrogens (tertiary/aromatic N) is 4. The van der Waals surface area contributed by atoms with Crippen molar-refractivity contribution < 1.29 is 4.39 Å². The molecule has 1 aliphatic heterocycles. The maximum absolute atomic E-state index is 13.7. The van der Waals surface area contributed by atoms with E-state index in [-0.39, 0.29) is 12.6 Å². The van der Waals surface area contributed by atoms with Crippen molar-refractivity contribution in [3.05, 3.63) is 30.1 Å². The normalized spacial score (nSPS) is 21.6. The Morgan fingerprint density at radius 3 is 2.60 bits per heavy atom. The van der Waals surface area contributed by atoms with Crippen LogP contribution < -0.4 is 10.6 Å². The predicted octanol–water partition coefficient (Wildman–Crippen LogP) is 1.75. The highest BCUT2D eigenvalue weighted by atomic mass is 19.1. The number of halogens is 1. The van der Waals surface area contributed by atoms with E-state index in [1.54, 1.807) is 4.57 Å². The zero-order valence-corrected chi connectivity index (χ0v) is 11.6. The molecule has 0 spiro atoms. The first-order chi connectivity index (χ1) is 9.56. The van der Waals surface area contributed by atoms with Crippen molar-refractivity contribution in [1.82, 2.24) is 14.8 Å². The zero-order valence-electron chi connectivity index (χ0n) is 11.6. The van der Waals surface area contributed by atoms with Crippen LogP contribution in [0.1, 0.15) is 18.3 Å². The Hall–Kier alpha value is -1.95. The Balaban J connectivity index is 1.99. The fourth-order valence-corrected chi connectivity index (χ4v) is 2.55. The van der Waals surface area contributed by atoms with Gasteiger partial charge in [-0.25, -0.2) is 4.39 Å². The number of anilines is 1. The average Bonchev–Trinajstić information content (AvgIpc) is 2.82. The molecule has 1 aliphatic rings. The fraction of sp³-hybridized carbons (Fsp3) is 0.429. The number of fused-ring (bicyclic) bond motifs is 1. The molecule has 0 fully saturated rings. The molecule has 3 rings (SSSR count). The molecule has 0 saturated carbocycles. The van der Waals surface area contributed by atoms with Gasteiger partial charge in [-0.3, -0.25) is 0 Å². The Bertz CT molecular complexity index is 605. The second kappa shape index (κ2) is 4.86. The summed E-state index contributed by atoms with van der Waals surface area (Å²) < 4.78 is 15.5. The standard InChI is InChI=1S/C14H18FN5/c1-19(2)11-5-3-9(4-6-11)13-17-18-14-12(16)7-10(15)8-20(13)14/h3-6,10,12H,7-8,16H2,1-2H3.